The van der Waals surface area contributed by atoms with Gasteiger partial charge >= 0.3 is 5.97 Å². The van der Waals surface area contributed by atoms with Crippen LogP contribution in [0.2, 0.25) is 5.02 Å². The summed E-state index contributed by atoms with van der Waals surface area (Å²) in [5.74, 6) is 0.0341. The molecule has 0 aliphatic heterocycles. The van der Waals surface area contributed by atoms with E-state index in [1.165, 1.54) is 30.0 Å². The smallest absolute Gasteiger partial charge is 0.328 e. The molecule has 0 bridgehead atoms. The molecule has 12 nitrogen and oxygen atoms in total. The maximum absolute atomic E-state index is 12.1. The Labute approximate surface area is 291 Å². The second kappa shape index (κ2) is 17.5. The lowest BCUT2D eigenvalue weighted by Crippen LogP contribution is -2.51. The Morgan fingerprint density at radius 3 is 2.48 bits per heavy atom. The Hall–Kier alpha value is -4.70. The average molecular weight is 705 g/mol. The lowest BCUT2D eigenvalue weighted by molar-refractivity contribution is -0.148. The molecule has 0 fully saturated rings. The molecule has 48 heavy (non-hydrogen) atoms. The van der Waals surface area contributed by atoms with Crippen LogP contribution < -0.4 is 26.8 Å². The zero-order valence-corrected chi connectivity index (χ0v) is 28.5. The van der Waals surface area contributed by atoms with E-state index in [0.717, 1.165) is 22.7 Å². The number of esters is 1. The molecule has 2 heterocycles. The highest BCUT2D eigenvalue weighted by atomic mass is 35.5. The molecule has 0 saturated carbocycles. The minimum absolute atomic E-state index is 0.0520. The number of nitrogens with two attached hydrogens (primary N) is 2. The van der Waals surface area contributed by atoms with Crippen LogP contribution in [0.15, 0.2) is 58.9 Å². The van der Waals surface area contributed by atoms with Crippen molar-refractivity contribution in [1.29, 1.82) is 5.26 Å². The van der Waals surface area contributed by atoms with Crippen LogP contribution in [0.3, 0.4) is 0 Å². The van der Waals surface area contributed by atoms with Crippen LogP contribution in [0.4, 0.5) is 11.5 Å². The van der Waals surface area contributed by atoms with Crippen molar-refractivity contribution in [3.05, 3.63) is 81.6 Å². The highest BCUT2D eigenvalue weighted by Gasteiger charge is 2.23. The van der Waals surface area contributed by atoms with Crippen molar-refractivity contribution in [2.24, 2.45) is 11.5 Å². The normalized spacial score (nSPS) is 11.3. The molecule has 0 aliphatic carbocycles. The molecular weight excluding hydrogens is 672 g/mol. The third-order valence-electron chi connectivity index (χ3n) is 6.66. The summed E-state index contributed by atoms with van der Waals surface area (Å²) in [5.41, 5.74) is 14.0. The van der Waals surface area contributed by atoms with Crippen molar-refractivity contribution in [2.75, 3.05) is 25.1 Å². The van der Waals surface area contributed by atoms with Gasteiger partial charge in [-0.25, -0.2) is 19.6 Å². The quantitative estimate of drug-likeness (QED) is 0.0390. The van der Waals surface area contributed by atoms with Crippen LogP contribution in [-0.2, 0) is 20.1 Å². The maximum atomic E-state index is 12.1. The number of ether oxygens (including phenoxy) is 2. The second-order valence-electron chi connectivity index (χ2n) is 10.3. The summed E-state index contributed by atoms with van der Waals surface area (Å²) in [6, 6.07) is 15.8. The molecule has 4 aromatic rings. The van der Waals surface area contributed by atoms with Crippen molar-refractivity contribution >= 4 is 58.1 Å². The number of amides is 1. The van der Waals surface area contributed by atoms with Crippen LogP contribution in [-0.4, -0.2) is 53.8 Å². The molecule has 248 valence electrons. The van der Waals surface area contributed by atoms with E-state index >= 15 is 0 Å². The van der Waals surface area contributed by atoms with Gasteiger partial charge in [-0.1, -0.05) is 54.6 Å². The summed E-state index contributed by atoms with van der Waals surface area (Å²) >= 11 is 8.93. The number of benzene rings is 2. The minimum atomic E-state index is -1.24. The van der Waals surface area contributed by atoms with Gasteiger partial charge in [0.05, 0.1) is 17.8 Å². The molecule has 0 spiro atoms. The molecule has 2 aromatic heterocycles. The average Bonchev–Trinajstić information content (AvgIpc) is 3.57. The Morgan fingerprint density at radius 2 is 1.83 bits per heavy atom. The van der Waals surface area contributed by atoms with Crippen molar-refractivity contribution in [2.45, 2.75) is 43.3 Å². The van der Waals surface area contributed by atoms with Gasteiger partial charge in [0.15, 0.2) is 0 Å². The second-order valence-corrected chi connectivity index (χ2v) is 12.5. The number of nitrogens with one attached hydrogen (secondary N) is 2. The summed E-state index contributed by atoms with van der Waals surface area (Å²) in [6.07, 6.45) is -0.420. The molecule has 6 N–H and O–H groups in total. The predicted molar refractivity (Wildman–Crippen MR) is 188 cm³/mol. The van der Waals surface area contributed by atoms with Gasteiger partial charge in [0, 0.05) is 33.8 Å². The van der Waals surface area contributed by atoms with E-state index in [2.05, 4.69) is 21.5 Å². The third kappa shape index (κ3) is 9.44. The first-order valence-electron chi connectivity index (χ1n) is 14.8. The number of nitriles is 1. The first kappa shape index (κ1) is 36.1. The topological polar surface area (TPSA) is 183 Å². The molecule has 0 radical (unpaired) electrons. The Balaban J connectivity index is 1.50. The first-order valence-corrected chi connectivity index (χ1v) is 17.0. The van der Waals surface area contributed by atoms with Gasteiger partial charge in [-0.2, -0.15) is 5.26 Å². The molecule has 1 amide bonds. The molecule has 1 atom stereocenters. The SMILES string of the molecule is [C-]#[N+]c1c(NCCC)nc(SCc2csc(-c3ccc(Cl)cc3)n2)c(C#N)c1-c1ccc(OCCOC(=O)[C@H](C)NC(=O)C(N)N)cc1. The molecule has 2 aromatic carbocycles. The number of thiazole rings is 1. The van der Waals surface area contributed by atoms with E-state index in [0.29, 0.717) is 50.6 Å². The number of rotatable bonds is 15. The van der Waals surface area contributed by atoms with Gasteiger partial charge in [-0.05, 0) is 43.2 Å². The summed E-state index contributed by atoms with van der Waals surface area (Å²) < 4.78 is 10.9. The number of hydrogen-bond donors (Lipinski definition) is 4. The number of anilines is 1. The highest BCUT2D eigenvalue weighted by Crippen LogP contribution is 2.43. The fourth-order valence-electron chi connectivity index (χ4n) is 4.27. The number of hydrogen-bond acceptors (Lipinski definition) is 12. The molecule has 15 heteroatoms. The molecule has 0 aliphatic rings. The summed E-state index contributed by atoms with van der Waals surface area (Å²) in [7, 11) is 0. The van der Waals surface area contributed by atoms with E-state index in [9.17, 15) is 14.9 Å². The van der Waals surface area contributed by atoms with Crippen LogP contribution in [0.5, 0.6) is 5.75 Å². The fourth-order valence-corrected chi connectivity index (χ4v) is 6.21. The van der Waals surface area contributed by atoms with Crippen molar-refractivity contribution < 1.29 is 19.1 Å². The Bertz CT molecular complexity index is 1820. The molecule has 0 unspecified atom stereocenters. The third-order valence-corrected chi connectivity index (χ3v) is 8.86. The predicted octanol–water partition coefficient (Wildman–Crippen LogP) is 5.73. The van der Waals surface area contributed by atoms with E-state index in [1.807, 2.05) is 36.6 Å². The number of carbonyl (C=O) groups is 2. The number of nitrogens with zero attached hydrogens (tertiary/aromatic N) is 4. The van der Waals surface area contributed by atoms with E-state index in [1.54, 1.807) is 24.3 Å². The van der Waals surface area contributed by atoms with E-state index in [-0.39, 0.29) is 18.9 Å². The van der Waals surface area contributed by atoms with Gasteiger partial charge in [0.25, 0.3) is 5.91 Å². The van der Waals surface area contributed by atoms with Gasteiger partial charge in [-0.15, -0.1) is 11.3 Å². The lowest BCUT2D eigenvalue weighted by Gasteiger charge is -2.16. The highest BCUT2D eigenvalue weighted by molar-refractivity contribution is 7.98. The largest absolute Gasteiger partial charge is 0.490 e. The fraction of sp³-hybridized carbons (Fsp3) is 0.273. The summed E-state index contributed by atoms with van der Waals surface area (Å²) in [6.45, 7) is 12.0. The first-order chi connectivity index (χ1) is 23.1. The Morgan fingerprint density at radius 1 is 1.12 bits per heavy atom. The van der Waals surface area contributed by atoms with Crippen molar-refractivity contribution in [3.8, 4) is 33.5 Å². The number of thioether (sulfide) groups is 1. The number of aromatic nitrogens is 2. The monoisotopic (exact) mass is 704 g/mol. The number of carbonyl (C=O) groups excluding carboxylic acids is 2. The van der Waals surface area contributed by atoms with Gasteiger partial charge in [0.2, 0.25) is 5.69 Å². The van der Waals surface area contributed by atoms with Crippen LogP contribution >= 0.6 is 34.7 Å². The van der Waals surface area contributed by atoms with Crippen LogP contribution in [0.1, 0.15) is 31.5 Å². The number of halogens is 1. The maximum Gasteiger partial charge on any atom is 0.328 e. The van der Waals surface area contributed by atoms with Crippen LogP contribution in [0, 0.1) is 17.9 Å². The van der Waals surface area contributed by atoms with Gasteiger partial charge in [0.1, 0.15) is 53.1 Å². The van der Waals surface area contributed by atoms with Gasteiger partial charge < -0.3 is 31.6 Å². The lowest BCUT2D eigenvalue weighted by atomic mass is 9.99. The minimum Gasteiger partial charge on any atom is -0.490 e. The standard InChI is InChI=1S/C33H33ClN8O4S2/c1-4-13-39-29-27(38-3)26(20-7-11-24(12-8-20)45-14-15-46-33(44)19(2)40-30(43)28(36)37)25(16-35)32(42-29)48-18-23-17-47-31(41-23)21-5-9-22(34)10-6-21/h5-12,17,19,28H,4,13-15,18,36-37H2,1-2H3,(H,39,42)(H,40,43)/t19-/m0/s1. The molecular formula is C33H33ClN8O4S2. The van der Waals surface area contributed by atoms with Crippen molar-refractivity contribution in [3.63, 3.8) is 0 Å². The molecule has 0 saturated heterocycles. The molecule has 4 rings (SSSR count). The Kier molecular flexibility index (Phi) is 13.1. The zero-order valence-electron chi connectivity index (χ0n) is 26.2. The summed E-state index contributed by atoms with van der Waals surface area (Å²) in [4.78, 5) is 36.9. The van der Waals surface area contributed by atoms with Crippen molar-refractivity contribution in [1.82, 2.24) is 15.3 Å². The zero-order chi connectivity index (χ0) is 34.6. The van der Waals surface area contributed by atoms with E-state index in [4.69, 9.17) is 49.1 Å². The number of pyridine rings is 1. The summed E-state index contributed by atoms with van der Waals surface area (Å²) in [5, 5.41) is 19.9. The van der Waals surface area contributed by atoms with E-state index < -0.39 is 24.1 Å². The van der Waals surface area contributed by atoms with Gasteiger partial charge in [-0.3, -0.25) is 4.79 Å². The van der Waals surface area contributed by atoms with Crippen LogP contribution in [0.25, 0.3) is 26.5 Å².